The zero-order valence-corrected chi connectivity index (χ0v) is 10.7. The van der Waals surface area contributed by atoms with E-state index in [2.05, 4.69) is 13.0 Å². The van der Waals surface area contributed by atoms with Gasteiger partial charge in [-0.25, -0.2) is 0 Å². The van der Waals surface area contributed by atoms with Gasteiger partial charge in [-0.2, -0.15) is 0 Å². The largest absolute Gasteiger partial charge is 0.496 e. The normalized spacial score (nSPS) is 10.3. The molecule has 0 amide bonds. The Morgan fingerprint density at radius 2 is 1.94 bits per heavy atom. The van der Waals surface area contributed by atoms with Crippen molar-refractivity contribution in [1.82, 2.24) is 0 Å². The van der Waals surface area contributed by atoms with Crippen molar-refractivity contribution < 1.29 is 14.6 Å². The highest BCUT2D eigenvalue weighted by molar-refractivity contribution is 5.66. The highest BCUT2D eigenvalue weighted by Gasteiger charge is 2.05. The standard InChI is InChI=1S/C14H20O3/c1-10-9-13(17-3)11(2)8-12(10)6-4-5-7-14(15)16/h8-9H,4-7H2,1-3H3,(H,15,16). The summed E-state index contributed by atoms with van der Waals surface area (Å²) in [5.41, 5.74) is 3.63. The lowest BCUT2D eigenvalue weighted by Gasteiger charge is -2.11. The van der Waals surface area contributed by atoms with Crippen molar-refractivity contribution in [1.29, 1.82) is 0 Å². The first-order chi connectivity index (χ1) is 8.04. The van der Waals surface area contributed by atoms with Crippen LogP contribution in [0, 0.1) is 13.8 Å². The Hall–Kier alpha value is -1.51. The lowest BCUT2D eigenvalue weighted by atomic mass is 9.99. The number of aryl methyl sites for hydroxylation is 3. The first-order valence-electron chi connectivity index (χ1n) is 5.90. The number of hydrogen-bond donors (Lipinski definition) is 1. The van der Waals surface area contributed by atoms with E-state index >= 15 is 0 Å². The van der Waals surface area contributed by atoms with Crippen molar-refractivity contribution in [3.63, 3.8) is 0 Å². The minimum absolute atomic E-state index is 0.258. The van der Waals surface area contributed by atoms with E-state index in [1.54, 1.807) is 7.11 Å². The van der Waals surface area contributed by atoms with Gasteiger partial charge >= 0.3 is 5.97 Å². The number of ether oxygens (including phenoxy) is 1. The Kier molecular flexibility index (Phi) is 5.01. The van der Waals surface area contributed by atoms with Crippen LogP contribution in [-0.4, -0.2) is 18.2 Å². The lowest BCUT2D eigenvalue weighted by molar-refractivity contribution is -0.137. The average Bonchev–Trinajstić information content (AvgIpc) is 2.28. The quantitative estimate of drug-likeness (QED) is 0.772. The molecule has 0 saturated heterocycles. The second-order valence-corrected chi connectivity index (χ2v) is 4.35. The summed E-state index contributed by atoms with van der Waals surface area (Å²) in [6.45, 7) is 4.09. The Bertz CT molecular complexity index is 397. The van der Waals surface area contributed by atoms with Gasteiger partial charge in [0.05, 0.1) is 7.11 Å². The minimum Gasteiger partial charge on any atom is -0.496 e. The summed E-state index contributed by atoms with van der Waals surface area (Å²) in [6, 6.07) is 4.18. The Labute approximate surface area is 102 Å². The molecule has 1 N–H and O–H groups in total. The molecule has 3 nitrogen and oxygen atoms in total. The van der Waals surface area contributed by atoms with Crippen LogP contribution in [0.5, 0.6) is 5.75 Å². The van der Waals surface area contributed by atoms with Crippen LogP contribution in [0.15, 0.2) is 12.1 Å². The van der Waals surface area contributed by atoms with Crippen LogP contribution in [0.3, 0.4) is 0 Å². The van der Waals surface area contributed by atoms with E-state index in [-0.39, 0.29) is 6.42 Å². The fraction of sp³-hybridized carbons (Fsp3) is 0.500. The molecule has 1 aromatic carbocycles. The number of carboxylic acid groups (broad SMARTS) is 1. The van der Waals surface area contributed by atoms with Gasteiger partial charge in [-0.05, 0) is 55.9 Å². The van der Waals surface area contributed by atoms with E-state index in [0.29, 0.717) is 0 Å². The number of unbranched alkanes of at least 4 members (excludes halogenated alkanes) is 1. The second-order valence-electron chi connectivity index (χ2n) is 4.35. The van der Waals surface area contributed by atoms with E-state index < -0.39 is 5.97 Å². The van der Waals surface area contributed by atoms with Crippen LogP contribution in [-0.2, 0) is 11.2 Å². The van der Waals surface area contributed by atoms with Crippen molar-refractivity contribution in [2.75, 3.05) is 7.11 Å². The topological polar surface area (TPSA) is 46.5 Å². The molecule has 0 radical (unpaired) electrons. The van der Waals surface area contributed by atoms with Crippen molar-refractivity contribution >= 4 is 5.97 Å². The summed E-state index contributed by atoms with van der Waals surface area (Å²) in [7, 11) is 1.67. The van der Waals surface area contributed by atoms with Gasteiger partial charge in [0.25, 0.3) is 0 Å². The number of benzene rings is 1. The summed E-state index contributed by atoms with van der Waals surface area (Å²) in [6.07, 6.45) is 2.84. The molecule has 0 aliphatic rings. The zero-order chi connectivity index (χ0) is 12.8. The molecular formula is C14H20O3. The number of methoxy groups -OCH3 is 1. The predicted molar refractivity (Wildman–Crippen MR) is 67.7 cm³/mol. The maximum atomic E-state index is 10.4. The average molecular weight is 236 g/mol. The van der Waals surface area contributed by atoms with Crippen LogP contribution in [0.4, 0.5) is 0 Å². The first kappa shape index (κ1) is 13.6. The first-order valence-corrected chi connectivity index (χ1v) is 5.90. The molecule has 0 saturated carbocycles. The summed E-state index contributed by atoms with van der Waals surface area (Å²) in [5, 5.41) is 8.56. The van der Waals surface area contributed by atoms with Crippen LogP contribution in [0.25, 0.3) is 0 Å². The molecule has 0 aromatic heterocycles. The van der Waals surface area contributed by atoms with Gasteiger partial charge in [0.2, 0.25) is 0 Å². The smallest absolute Gasteiger partial charge is 0.303 e. The summed E-state index contributed by atoms with van der Waals surface area (Å²) in [5.74, 6) is 0.199. The molecule has 17 heavy (non-hydrogen) atoms. The van der Waals surface area contributed by atoms with Gasteiger partial charge in [0, 0.05) is 6.42 Å². The molecule has 0 unspecified atom stereocenters. The van der Waals surface area contributed by atoms with Gasteiger partial charge in [-0.1, -0.05) is 6.07 Å². The summed E-state index contributed by atoms with van der Waals surface area (Å²) < 4.78 is 5.26. The molecule has 0 aliphatic heterocycles. The molecule has 0 fully saturated rings. The zero-order valence-electron chi connectivity index (χ0n) is 10.7. The third-order valence-electron chi connectivity index (χ3n) is 2.94. The summed E-state index contributed by atoms with van der Waals surface area (Å²) >= 11 is 0. The van der Waals surface area contributed by atoms with Gasteiger partial charge in [-0.15, -0.1) is 0 Å². The number of carboxylic acids is 1. The third-order valence-corrected chi connectivity index (χ3v) is 2.94. The number of hydrogen-bond acceptors (Lipinski definition) is 2. The molecular weight excluding hydrogens is 216 g/mol. The van der Waals surface area contributed by atoms with Gasteiger partial charge in [0.15, 0.2) is 0 Å². The highest BCUT2D eigenvalue weighted by atomic mass is 16.5. The molecule has 0 heterocycles. The van der Waals surface area contributed by atoms with E-state index in [9.17, 15) is 4.79 Å². The lowest BCUT2D eigenvalue weighted by Crippen LogP contribution is -1.97. The monoisotopic (exact) mass is 236 g/mol. The molecule has 94 valence electrons. The SMILES string of the molecule is COc1cc(C)c(CCCCC(=O)O)cc1C. The van der Waals surface area contributed by atoms with Crippen molar-refractivity contribution in [3.05, 3.63) is 28.8 Å². The maximum absolute atomic E-state index is 10.4. The molecule has 0 aliphatic carbocycles. The Balaban J connectivity index is 2.59. The number of aliphatic carboxylic acids is 1. The summed E-state index contributed by atoms with van der Waals surface area (Å²) in [4.78, 5) is 10.4. The molecule has 0 atom stereocenters. The predicted octanol–water partition coefficient (Wildman–Crippen LogP) is 3.11. The maximum Gasteiger partial charge on any atom is 0.303 e. The van der Waals surface area contributed by atoms with E-state index in [1.165, 1.54) is 11.1 Å². The van der Waals surface area contributed by atoms with Crippen molar-refractivity contribution in [3.8, 4) is 5.75 Å². The molecule has 0 spiro atoms. The van der Waals surface area contributed by atoms with E-state index in [4.69, 9.17) is 9.84 Å². The van der Waals surface area contributed by atoms with Crippen LogP contribution in [0.1, 0.15) is 36.0 Å². The van der Waals surface area contributed by atoms with Crippen LogP contribution >= 0.6 is 0 Å². The molecule has 0 bridgehead atoms. The van der Waals surface area contributed by atoms with E-state index in [0.717, 1.165) is 30.6 Å². The molecule has 3 heteroatoms. The van der Waals surface area contributed by atoms with Gasteiger partial charge in [-0.3, -0.25) is 4.79 Å². The van der Waals surface area contributed by atoms with Crippen molar-refractivity contribution in [2.24, 2.45) is 0 Å². The third kappa shape index (κ3) is 4.10. The minimum atomic E-state index is -0.715. The van der Waals surface area contributed by atoms with E-state index in [1.807, 2.05) is 13.0 Å². The van der Waals surface area contributed by atoms with Crippen LogP contribution in [0.2, 0.25) is 0 Å². The number of rotatable bonds is 6. The fourth-order valence-corrected chi connectivity index (χ4v) is 1.93. The highest BCUT2D eigenvalue weighted by Crippen LogP contribution is 2.23. The second kappa shape index (κ2) is 6.28. The van der Waals surface area contributed by atoms with Crippen molar-refractivity contribution in [2.45, 2.75) is 39.5 Å². The Morgan fingerprint density at radius 1 is 1.24 bits per heavy atom. The fourth-order valence-electron chi connectivity index (χ4n) is 1.93. The molecule has 1 rings (SSSR count). The van der Waals surface area contributed by atoms with Gasteiger partial charge < -0.3 is 9.84 Å². The number of carbonyl (C=O) groups is 1. The molecule has 1 aromatic rings. The van der Waals surface area contributed by atoms with Gasteiger partial charge in [0.1, 0.15) is 5.75 Å². The Morgan fingerprint density at radius 3 is 2.53 bits per heavy atom. The van der Waals surface area contributed by atoms with Crippen LogP contribution < -0.4 is 4.74 Å².